The van der Waals surface area contributed by atoms with Crippen LogP contribution in [0.4, 0.5) is 4.79 Å². The Bertz CT molecular complexity index is 270. The van der Waals surface area contributed by atoms with Gasteiger partial charge in [-0.3, -0.25) is 0 Å². The van der Waals surface area contributed by atoms with Crippen LogP contribution in [0, 0.1) is 0 Å². The lowest BCUT2D eigenvalue weighted by molar-refractivity contribution is 0.144. The molecule has 2 rings (SSSR count). The van der Waals surface area contributed by atoms with Crippen molar-refractivity contribution in [1.82, 2.24) is 10.2 Å². The summed E-state index contributed by atoms with van der Waals surface area (Å²) >= 11 is 0. The van der Waals surface area contributed by atoms with Crippen molar-refractivity contribution in [1.29, 1.82) is 0 Å². The second-order valence-electron chi connectivity index (χ2n) is 5.84. The van der Waals surface area contributed by atoms with Crippen LogP contribution < -0.4 is 11.1 Å². The summed E-state index contributed by atoms with van der Waals surface area (Å²) in [6.07, 6.45) is 8.85. The van der Waals surface area contributed by atoms with Gasteiger partial charge in [-0.2, -0.15) is 0 Å². The van der Waals surface area contributed by atoms with Crippen LogP contribution in [0.15, 0.2) is 0 Å². The molecule has 0 aromatic carbocycles. The molecule has 2 saturated carbocycles. The Labute approximate surface area is 110 Å². The van der Waals surface area contributed by atoms with Gasteiger partial charge in [-0.25, -0.2) is 4.79 Å². The molecule has 0 aromatic heterocycles. The predicted octanol–water partition coefficient (Wildman–Crippen LogP) is 2.23. The van der Waals surface area contributed by atoms with Crippen LogP contribution in [-0.4, -0.2) is 35.6 Å². The zero-order chi connectivity index (χ0) is 13.0. The Morgan fingerprint density at radius 1 is 1.22 bits per heavy atom. The molecule has 104 valence electrons. The first-order valence-corrected chi connectivity index (χ1v) is 7.53. The van der Waals surface area contributed by atoms with Crippen LogP contribution in [0.1, 0.15) is 58.3 Å². The Balaban J connectivity index is 1.87. The molecule has 0 bridgehead atoms. The van der Waals surface area contributed by atoms with Gasteiger partial charge >= 0.3 is 6.03 Å². The van der Waals surface area contributed by atoms with Gasteiger partial charge in [0, 0.05) is 24.7 Å². The van der Waals surface area contributed by atoms with Crippen molar-refractivity contribution < 1.29 is 4.79 Å². The van der Waals surface area contributed by atoms with Gasteiger partial charge in [-0.1, -0.05) is 6.92 Å². The number of carbonyl (C=O) groups is 1. The predicted molar refractivity (Wildman–Crippen MR) is 73.4 cm³/mol. The minimum Gasteiger partial charge on any atom is -0.335 e. The number of amides is 2. The van der Waals surface area contributed by atoms with Gasteiger partial charge in [-0.05, 0) is 51.4 Å². The monoisotopic (exact) mass is 253 g/mol. The highest BCUT2D eigenvalue weighted by molar-refractivity contribution is 5.75. The Hall–Kier alpha value is -0.770. The number of nitrogens with zero attached hydrogens (tertiary/aromatic N) is 1. The first-order chi connectivity index (χ1) is 8.70. The number of urea groups is 1. The first kappa shape index (κ1) is 13.7. The lowest BCUT2D eigenvalue weighted by Crippen LogP contribution is -2.52. The number of rotatable bonds is 4. The molecular weight excluding hydrogens is 226 g/mol. The van der Waals surface area contributed by atoms with E-state index in [0.717, 1.165) is 51.5 Å². The summed E-state index contributed by atoms with van der Waals surface area (Å²) in [5.74, 6) is 0. The van der Waals surface area contributed by atoms with Crippen molar-refractivity contribution in [2.45, 2.75) is 76.4 Å². The van der Waals surface area contributed by atoms with E-state index in [0.29, 0.717) is 18.1 Å². The molecule has 0 aromatic rings. The second-order valence-corrected chi connectivity index (χ2v) is 5.84. The molecule has 0 spiro atoms. The summed E-state index contributed by atoms with van der Waals surface area (Å²) in [7, 11) is 0. The summed E-state index contributed by atoms with van der Waals surface area (Å²) < 4.78 is 0. The van der Waals surface area contributed by atoms with E-state index < -0.39 is 0 Å². The molecular formula is C14H27N3O. The third-order valence-corrected chi connectivity index (χ3v) is 4.34. The van der Waals surface area contributed by atoms with Crippen molar-refractivity contribution in [2.24, 2.45) is 5.73 Å². The number of hydrogen-bond donors (Lipinski definition) is 2. The molecule has 2 aliphatic rings. The smallest absolute Gasteiger partial charge is 0.317 e. The number of nitrogens with one attached hydrogen (secondary N) is 1. The molecule has 2 fully saturated rings. The standard InChI is InChI=1S/C14H27N3O/c1-2-10-17(13-8-6-11(15)7-9-13)14(18)16-12-4-3-5-12/h11-13H,2-10,15H2,1H3,(H,16,18). The van der Waals surface area contributed by atoms with E-state index in [-0.39, 0.29) is 6.03 Å². The molecule has 18 heavy (non-hydrogen) atoms. The molecule has 2 aliphatic carbocycles. The first-order valence-electron chi connectivity index (χ1n) is 7.53. The van der Waals surface area contributed by atoms with E-state index in [1.54, 1.807) is 0 Å². The third-order valence-electron chi connectivity index (χ3n) is 4.34. The van der Waals surface area contributed by atoms with Gasteiger partial charge in [0.25, 0.3) is 0 Å². The molecule has 4 heteroatoms. The molecule has 3 N–H and O–H groups in total. The van der Waals surface area contributed by atoms with E-state index in [1.807, 2.05) is 0 Å². The molecule has 0 heterocycles. The lowest BCUT2D eigenvalue weighted by atomic mass is 9.90. The van der Waals surface area contributed by atoms with Crippen molar-refractivity contribution >= 4 is 6.03 Å². The zero-order valence-electron chi connectivity index (χ0n) is 11.5. The van der Waals surface area contributed by atoms with Gasteiger partial charge in [0.2, 0.25) is 0 Å². The van der Waals surface area contributed by atoms with E-state index >= 15 is 0 Å². The van der Waals surface area contributed by atoms with E-state index in [4.69, 9.17) is 5.73 Å². The summed E-state index contributed by atoms with van der Waals surface area (Å²) in [4.78, 5) is 14.4. The summed E-state index contributed by atoms with van der Waals surface area (Å²) in [6.45, 7) is 3.01. The van der Waals surface area contributed by atoms with Gasteiger partial charge in [0.05, 0.1) is 0 Å². The number of hydrogen-bond acceptors (Lipinski definition) is 2. The SMILES string of the molecule is CCCN(C(=O)NC1CCC1)C1CCC(N)CC1. The van der Waals surface area contributed by atoms with Crippen LogP contribution >= 0.6 is 0 Å². The fourth-order valence-corrected chi connectivity index (χ4v) is 2.91. The van der Waals surface area contributed by atoms with Gasteiger partial charge in [0.1, 0.15) is 0 Å². The van der Waals surface area contributed by atoms with E-state index in [1.165, 1.54) is 6.42 Å². The van der Waals surface area contributed by atoms with Crippen LogP contribution in [-0.2, 0) is 0 Å². The quantitative estimate of drug-likeness (QED) is 0.807. The maximum absolute atomic E-state index is 12.3. The Morgan fingerprint density at radius 3 is 2.39 bits per heavy atom. The van der Waals surface area contributed by atoms with Gasteiger partial charge < -0.3 is 16.0 Å². The van der Waals surface area contributed by atoms with Gasteiger partial charge in [-0.15, -0.1) is 0 Å². The van der Waals surface area contributed by atoms with Crippen LogP contribution in [0.5, 0.6) is 0 Å². The summed E-state index contributed by atoms with van der Waals surface area (Å²) in [5, 5.41) is 3.17. The average Bonchev–Trinajstić information content (AvgIpc) is 2.32. The summed E-state index contributed by atoms with van der Waals surface area (Å²) in [5.41, 5.74) is 5.94. The Kier molecular flexibility index (Phi) is 4.87. The minimum atomic E-state index is 0.155. The topological polar surface area (TPSA) is 58.4 Å². The molecule has 0 atom stereocenters. The van der Waals surface area contributed by atoms with Crippen molar-refractivity contribution in [3.8, 4) is 0 Å². The normalized spacial score (nSPS) is 28.6. The van der Waals surface area contributed by atoms with Crippen LogP contribution in [0.2, 0.25) is 0 Å². The van der Waals surface area contributed by atoms with E-state index in [9.17, 15) is 4.79 Å². The molecule has 0 saturated heterocycles. The van der Waals surface area contributed by atoms with Crippen molar-refractivity contribution in [3.63, 3.8) is 0 Å². The average molecular weight is 253 g/mol. The maximum Gasteiger partial charge on any atom is 0.317 e. The number of nitrogens with two attached hydrogens (primary N) is 1. The fourth-order valence-electron chi connectivity index (χ4n) is 2.91. The maximum atomic E-state index is 12.3. The van der Waals surface area contributed by atoms with Crippen LogP contribution in [0.25, 0.3) is 0 Å². The molecule has 0 unspecified atom stereocenters. The third kappa shape index (κ3) is 3.37. The molecule has 2 amide bonds. The highest BCUT2D eigenvalue weighted by Gasteiger charge is 2.29. The lowest BCUT2D eigenvalue weighted by Gasteiger charge is -2.38. The van der Waals surface area contributed by atoms with E-state index in [2.05, 4.69) is 17.1 Å². The highest BCUT2D eigenvalue weighted by Crippen LogP contribution is 2.24. The fraction of sp³-hybridized carbons (Fsp3) is 0.929. The minimum absolute atomic E-state index is 0.155. The van der Waals surface area contributed by atoms with Gasteiger partial charge in [0.15, 0.2) is 0 Å². The number of carbonyl (C=O) groups excluding carboxylic acids is 1. The van der Waals surface area contributed by atoms with Crippen molar-refractivity contribution in [2.75, 3.05) is 6.54 Å². The largest absolute Gasteiger partial charge is 0.335 e. The zero-order valence-corrected chi connectivity index (χ0v) is 11.5. The van der Waals surface area contributed by atoms with Crippen molar-refractivity contribution in [3.05, 3.63) is 0 Å². The highest BCUT2D eigenvalue weighted by atomic mass is 16.2. The van der Waals surface area contributed by atoms with Crippen LogP contribution in [0.3, 0.4) is 0 Å². The Morgan fingerprint density at radius 2 is 1.89 bits per heavy atom. The second kappa shape index (κ2) is 6.41. The summed E-state index contributed by atoms with van der Waals surface area (Å²) in [6, 6.07) is 1.34. The molecule has 0 radical (unpaired) electrons. The molecule has 0 aliphatic heterocycles. The molecule has 4 nitrogen and oxygen atoms in total.